The third kappa shape index (κ3) is 6.03. The molecule has 1 fully saturated rings. The van der Waals surface area contributed by atoms with E-state index < -0.39 is 0 Å². The molecule has 1 aliphatic rings. The molecule has 0 radical (unpaired) electrons. The second kappa shape index (κ2) is 10.4. The Morgan fingerprint density at radius 3 is 2.86 bits per heavy atom. The summed E-state index contributed by atoms with van der Waals surface area (Å²) in [7, 11) is 1.55. The van der Waals surface area contributed by atoms with E-state index in [-0.39, 0.29) is 12.4 Å². The van der Waals surface area contributed by atoms with Gasteiger partial charge in [0.1, 0.15) is 0 Å². The summed E-state index contributed by atoms with van der Waals surface area (Å²) in [5, 5.41) is 19.2. The van der Waals surface area contributed by atoms with Crippen molar-refractivity contribution in [1.82, 2.24) is 14.8 Å². The molecule has 2 N–H and O–H groups in total. The Bertz CT molecular complexity index is 825. The standard InChI is InChI=1S/C23H31N3O3/c1-18-5-3-7-20(24-18)16-26-13-12-25(17-21(26)10-14-27)11-4-6-19-8-9-22(28)23(15-19)29-2/h3-9,15,21,27-28H,10-14,16-17H2,1-2H3/b6-4+/t21-/m0/s1. The van der Waals surface area contributed by atoms with Gasteiger partial charge in [-0.15, -0.1) is 0 Å². The number of ether oxygens (including phenoxy) is 1. The number of aromatic nitrogens is 1. The van der Waals surface area contributed by atoms with E-state index in [1.54, 1.807) is 13.2 Å². The number of methoxy groups -OCH3 is 1. The fraction of sp³-hybridized carbons (Fsp3) is 0.435. The van der Waals surface area contributed by atoms with Crippen LogP contribution < -0.4 is 4.74 Å². The molecule has 0 aliphatic carbocycles. The van der Waals surface area contributed by atoms with E-state index in [9.17, 15) is 10.2 Å². The summed E-state index contributed by atoms with van der Waals surface area (Å²) in [4.78, 5) is 9.47. The zero-order chi connectivity index (χ0) is 20.6. The van der Waals surface area contributed by atoms with Crippen LogP contribution in [-0.4, -0.2) is 70.9 Å². The Hall–Kier alpha value is -2.41. The van der Waals surface area contributed by atoms with Gasteiger partial charge in [-0.25, -0.2) is 0 Å². The number of aromatic hydroxyl groups is 1. The number of phenols is 1. The van der Waals surface area contributed by atoms with Crippen molar-refractivity contribution in [2.24, 2.45) is 0 Å². The average molecular weight is 398 g/mol. The van der Waals surface area contributed by atoms with Gasteiger partial charge in [0.05, 0.1) is 12.8 Å². The number of hydrogen-bond donors (Lipinski definition) is 2. The van der Waals surface area contributed by atoms with Crippen molar-refractivity contribution in [2.45, 2.75) is 25.9 Å². The zero-order valence-corrected chi connectivity index (χ0v) is 17.3. The van der Waals surface area contributed by atoms with E-state index in [2.05, 4.69) is 33.0 Å². The van der Waals surface area contributed by atoms with Crippen LogP contribution in [0.15, 0.2) is 42.5 Å². The molecule has 0 spiro atoms. The minimum atomic E-state index is 0.149. The van der Waals surface area contributed by atoms with E-state index in [1.807, 2.05) is 31.2 Å². The SMILES string of the molecule is COc1cc(/C=C/CN2CCN(Cc3cccc(C)n3)[C@@H](CCO)C2)ccc1O. The number of benzene rings is 1. The summed E-state index contributed by atoms with van der Waals surface area (Å²) in [5.74, 6) is 0.629. The van der Waals surface area contributed by atoms with Crippen molar-refractivity contribution in [3.63, 3.8) is 0 Å². The molecule has 6 heteroatoms. The van der Waals surface area contributed by atoms with Crippen molar-refractivity contribution in [2.75, 3.05) is 39.9 Å². The van der Waals surface area contributed by atoms with Gasteiger partial charge < -0.3 is 14.9 Å². The third-order valence-corrected chi connectivity index (χ3v) is 5.34. The average Bonchev–Trinajstić information content (AvgIpc) is 2.71. The molecule has 0 amide bonds. The molecule has 0 saturated carbocycles. The summed E-state index contributed by atoms with van der Waals surface area (Å²) in [6.45, 7) is 6.75. The normalized spacial score (nSPS) is 18.4. The number of aliphatic hydroxyl groups is 1. The maximum absolute atomic E-state index is 9.70. The summed E-state index contributed by atoms with van der Waals surface area (Å²) in [6, 6.07) is 11.8. The minimum absolute atomic E-state index is 0.149. The number of rotatable bonds is 8. The highest BCUT2D eigenvalue weighted by Crippen LogP contribution is 2.26. The molecule has 156 valence electrons. The molecule has 1 aromatic heterocycles. The van der Waals surface area contributed by atoms with Gasteiger partial charge in [0.2, 0.25) is 0 Å². The van der Waals surface area contributed by atoms with Crippen LogP contribution in [0.5, 0.6) is 11.5 Å². The number of aryl methyl sites for hydroxylation is 1. The quantitative estimate of drug-likeness (QED) is 0.714. The maximum Gasteiger partial charge on any atom is 0.161 e. The lowest BCUT2D eigenvalue weighted by atomic mass is 10.1. The lowest BCUT2D eigenvalue weighted by Gasteiger charge is -2.41. The Balaban J connectivity index is 1.57. The highest BCUT2D eigenvalue weighted by Gasteiger charge is 2.26. The number of aliphatic hydroxyl groups excluding tert-OH is 1. The summed E-state index contributed by atoms with van der Waals surface area (Å²) < 4.78 is 5.16. The molecular formula is C23H31N3O3. The monoisotopic (exact) mass is 397 g/mol. The van der Waals surface area contributed by atoms with Crippen LogP contribution in [0.2, 0.25) is 0 Å². The van der Waals surface area contributed by atoms with E-state index in [0.717, 1.165) is 56.1 Å². The molecule has 1 atom stereocenters. The second-order valence-electron chi connectivity index (χ2n) is 7.50. The molecule has 1 aromatic carbocycles. The van der Waals surface area contributed by atoms with Crippen LogP contribution in [0, 0.1) is 6.92 Å². The number of phenolic OH excluding ortho intramolecular Hbond substituents is 1. The fourth-order valence-electron chi connectivity index (χ4n) is 3.79. The second-order valence-corrected chi connectivity index (χ2v) is 7.50. The number of nitrogens with zero attached hydrogens (tertiary/aromatic N) is 3. The van der Waals surface area contributed by atoms with Gasteiger partial charge >= 0.3 is 0 Å². The fourth-order valence-corrected chi connectivity index (χ4v) is 3.79. The Morgan fingerprint density at radius 1 is 1.24 bits per heavy atom. The van der Waals surface area contributed by atoms with Gasteiger partial charge in [0.15, 0.2) is 11.5 Å². The van der Waals surface area contributed by atoms with Crippen LogP contribution in [0.3, 0.4) is 0 Å². The Kier molecular flexibility index (Phi) is 7.63. The van der Waals surface area contributed by atoms with Crippen LogP contribution in [0.25, 0.3) is 6.08 Å². The molecule has 29 heavy (non-hydrogen) atoms. The first-order valence-electron chi connectivity index (χ1n) is 10.1. The van der Waals surface area contributed by atoms with E-state index in [0.29, 0.717) is 11.8 Å². The predicted molar refractivity (Wildman–Crippen MR) is 115 cm³/mol. The molecule has 0 unspecified atom stereocenters. The number of pyridine rings is 1. The third-order valence-electron chi connectivity index (χ3n) is 5.34. The summed E-state index contributed by atoms with van der Waals surface area (Å²) in [6.07, 6.45) is 4.95. The Labute approximate surface area is 173 Å². The van der Waals surface area contributed by atoms with Crippen molar-refractivity contribution < 1.29 is 14.9 Å². The van der Waals surface area contributed by atoms with Gasteiger partial charge in [-0.1, -0.05) is 24.3 Å². The molecule has 3 rings (SSSR count). The molecule has 2 heterocycles. The molecule has 0 bridgehead atoms. The Morgan fingerprint density at radius 2 is 2.10 bits per heavy atom. The molecule has 2 aromatic rings. The molecular weight excluding hydrogens is 366 g/mol. The van der Waals surface area contributed by atoms with Crippen molar-refractivity contribution in [3.05, 3.63) is 59.4 Å². The molecule has 6 nitrogen and oxygen atoms in total. The first-order valence-corrected chi connectivity index (χ1v) is 10.1. The number of piperazine rings is 1. The molecule has 1 saturated heterocycles. The maximum atomic E-state index is 9.70. The van der Waals surface area contributed by atoms with Crippen molar-refractivity contribution in [1.29, 1.82) is 0 Å². The zero-order valence-electron chi connectivity index (χ0n) is 17.3. The van der Waals surface area contributed by atoms with Crippen LogP contribution in [0.4, 0.5) is 0 Å². The minimum Gasteiger partial charge on any atom is -0.504 e. The van der Waals surface area contributed by atoms with Gasteiger partial charge in [-0.05, 0) is 43.2 Å². The van der Waals surface area contributed by atoms with Crippen LogP contribution in [0.1, 0.15) is 23.4 Å². The summed E-state index contributed by atoms with van der Waals surface area (Å²) in [5.41, 5.74) is 3.12. The lowest BCUT2D eigenvalue weighted by Crippen LogP contribution is -2.52. The smallest absolute Gasteiger partial charge is 0.161 e. The van der Waals surface area contributed by atoms with Crippen LogP contribution >= 0.6 is 0 Å². The van der Waals surface area contributed by atoms with E-state index in [1.165, 1.54) is 0 Å². The first kappa shape index (κ1) is 21.3. The van der Waals surface area contributed by atoms with Crippen LogP contribution in [-0.2, 0) is 6.54 Å². The topological polar surface area (TPSA) is 69.1 Å². The summed E-state index contributed by atoms with van der Waals surface area (Å²) >= 11 is 0. The van der Waals surface area contributed by atoms with Crippen molar-refractivity contribution >= 4 is 6.08 Å². The van der Waals surface area contributed by atoms with Gasteiger partial charge in [-0.3, -0.25) is 14.8 Å². The van der Waals surface area contributed by atoms with E-state index in [4.69, 9.17) is 4.74 Å². The van der Waals surface area contributed by atoms with Gasteiger partial charge in [0, 0.05) is 51.1 Å². The first-order chi connectivity index (χ1) is 14.1. The highest BCUT2D eigenvalue weighted by atomic mass is 16.5. The van der Waals surface area contributed by atoms with E-state index >= 15 is 0 Å². The molecule has 1 aliphatic heterocycles. The van der Waals surface area contributed by atoms with Gasteiger partial charge in [0.25, 0.3) is 0 Å². The predicted octanol–water partition coefficient (Wildman–Crippen LogP) is 2.69. The highest BCUT2D eigenvalue weighted by molar-refractivity contribution is 5.55. The lowest BCUT2D eigenvalue weighted by molar-refractivity contribution is 0.0587. The van der Waals surface area contributed by atoms with Crippen molar-refractivity contribution in [3.8, 4) is 11.5 Å². The number of hydrogen-bond acceptors (Lipinski definition) is 6. The van der Waals surface area contributed by atoms with Gasteiger partial charge in [-0.2, -0.15) is 0 Å². The largest absolute Gasteiger partial charge is 0.504 e.